The monoisotopic (exact) mass is 419 g/mol. The van der Waals surface area contributed by atoms with Gasteiger partial charge in [-0.1, -0.05) is 42.5 Å². The number of carbonyl (C=O) groups excluding carboxylic acids is 2. The highest BCUT2D eigenvalue weighted by molar-refractivity contribution is 5.90. The van der Waals surface area contributed by atoms with Gasteiger partial charge in [0.05, 0.1) is 0 Å². The van der Waals surface area contributed by atoms with Crippen LogP contribution in [-0.4, -0.2) is 33.6 Å². The number of fused-ring (bicyclic) bond motifs is 1. The van der Waals surface area contributed by atoms with E-state index >= 15 is 0 Å². The molecule has 1 aliphatic carbocycles. The summed E-state index contributed by atoms with van der Waals surface area (Å²) in [5.41, 5.74) is 4.18. The molecule has 2 aromatic rings. The van der Waals surface area contributed by atoms with Crippen LogP contribution in [0.4, 0.5) is 10.5 Å². The Hall–Kier alpha value is -3.12. The van der Waals surface area contributed by atoms with E-state index in [9.17, 15) is 14.7 Å². The van der Waals surface area contributed by atoms with Crippen LogP contribution in [0.3, 0.4) is 0 Å². The fourth-order valence-corrected chi connectivity index (χ4v) is 4.04. The fourth-order valence-electron chi connectivity index (χ4n) is 4.04. The average Bonchev–Trinajstić information content (AvgIpc) is 3.19. The molecule has 0 saturated heterocycles. The largest absolute Gasteiger partial charge is 0.381 e. The Bertz CT molecular complexity index is 980. The number of rotatable bonds is 4. The SMILES string of the molecule is CC(C)(O)C(=O)NC1CC=C(c2ccc(NC(=O)N3Cc4ccccc4C3)cc2)CC1. The topological polar surface area (TPSA) is 81.7 Å². The Kier molecular flexibility index (Phi) is 5.83. The molecular weight excluding hydrogens is 390 g/mol. The molecule has 4 rings (SSSR count). The van der Waals surface area contributed by atoms with Crippen LogP contribution in [-0.2, 0) is 17.9 Å². The zero-order valence-corrected chi connectivity index (χ0v) is 18.0. The first kappa shape index (κ1) is 21.1. The van der Waals surface area contributed by atoms with Gasteiger partial charge in [0, 0.05) is 24.8 Å². The van der Waals surface area contributed by atoms with E-state index in [0.29, 0.717) is 13.1 Å². The zero-order chi connectivity index (χ0) is 22.0. The molecule has 3 amide bonds. The van der Waals surface area contributed by atoms with Crippen molar-refractivity contribution in [3.63, 3.8) is 0 Å². The molecule has 0 bridgehead atoms. The van der Waals surface area contributed by atoms with E-state index in [1.807, 2.05) is 41.3 Å². The first-order valence-corrected chi connectivity index (χ1v) is 10.7. The molecule has 1 unspecified atom stereocenters. The Labute approximate surface area is 183 Å². The van der Waals surface area contributed by atoms with Crippen molar-refractivity contribution < 1.29 is 14.7 Å². The van der Waals surface area contributed by atoms with Crippen molar-refractivity contribution in [3.8, 4) is 0 Å². The highest BCUT2D eigenvalue weighted by Gasteiger charge is 2.27. The summed E-state index contributed by atoms with van der Waals surface area (Å²) in [5.74, 6) is -0.337. The van der Waals surface area contributed by atoms with Gasteiger partial charge in [-0.15, -0.1) is 0 Å². The van der Waals surface area contributed by atoms with Crippen LogP contribution in [0, 0.1) is 0 Å². The van der Waals surface area contributed by atoms with E-state index in [1.165, 1.54) is 30.5 Å². The second-order valence-electron chi connectivity index (χ2n) is 8.87. The van der Waals surface area contributed by atoms with Crippen molar-refractivity contribution >= 4 is 23.2 Å². The van der Waals surface area contributed by atoms with Gasteiger partial charge in [0.1, 0.15) is 5.60 Å². The summed E-state index contributed by atoms with van der Waals surface area (Å²) in [6.07, 6.45) is 4.58. The molecule has 2 aromatic carbocycles. The predicted molar refractivity (Wildman–Crippen MR) is 121 cm³/mol. The highest BCUT2D eigenvalue weighted by Crippen LogP contribution is 2.28. The number of amides is 3. The molecule has 6 heteroatoms. The predicted octanol–water partition coefficient (Wildman–Crippen LogP) is 4.06. The Morgan fingerprint density at radius 2 is 1.68 bits per heavy atom. The molecule has 0 aromatic heterocycles. The number of benzene rings is 2. The van der Waals surface area contributed by atoms with Gasteiger partial charge >= 0.3 is 6.03 Å². The van der Waals surface area contributed by atoms with E-state index < -0.39 is 5.60 Å². The second-order valence-corrected chi connectivity index (χ2v) is 8.87. The fraction of sp³-hybridized carbons (Fsp3) is 0.360. The molecule has 0 radical (unpaired) electrons. The minimum atomic E-state index is -1.36. The third-order valence-corrected chi connectivity index (χ3v) is 5.94. The maximum atomic E-state index is 12.6. The van der Waals surface area contributed by atoms with Crippen molar-refractivity contribution in [3.05, 3.63) is 71.3 Å². The van der Waals surface area contributed by atoms with Crippen molar-refractivity contribution in [1.29, 1.82) is 0 Å². The molecule has 0 fully saturated rings. The number of hydrogen-bond donors (Lipinski definition) is 3. The average molecular weight is 420 g/mol. The number of aliphatic hydroxyl groups is 1. The Balaban J connectivity index is 1.32. The minimum Gasteiger partial charge on any atom is -0.381 e. The molecule has 2 aliphatic rings. The zero-order valence-electron chi connectivity index (χ0n) is 18.0. The molecule has 6 nitrogen and oxygen atoms in total. The van der Waals surface area contributed by atoms with Crippen molar-refractivity contribution in [2.45, 2.75) is 57.8 Å². The quantitative estimate of drug-likeness (QED) is 0.699. The summed E-state index contributed by atoms with van der Waals surface area (Å²) >= 11 is 0. The standard InChI is InChI=1S/C25H29N3O3/c1-25(2,31)23(29)26-21-11-7-17(8-12-21)18-9-13-22(14-10-18)27-24(30)28-15-19-5-3-4-6-20(19)16-28/h3-7,9-10,13-14,21,31H,8,11-12,15-16H2,1-2H3,(H,26,29)(H,27,30). The lowest BCUT2D eigenvalue weighted by Gasteiger charge is -2.26. The Morgan fingerprint density at radius 3 is 2.23 bits per heavy atom. The van der Waals surface area contributed by atoms with Crippen molar-refractivity contribution in [1.82, 2.24) is 10.2 Å². The molecular formula is C25H29N3O3. The molecule has 31 heavy (non-hydrogen) atoms. The van der Waals surface area contributed by atoms with Crippen LogP contribution in [0.2, 0.25) is 0 Å². The van der Waals surface area contributed by atoms with Gasteiger partial charge in [-0.3, -0.25) is 4.79 Å². The van der Waals surface area contributed by atoms with Gasteiger partial charge in [-0.05, 0) is 67.5 Å². The third kappa shape index (κ3) is 4.97. The van der Waals surface area contributed by atoms with Crippen LogP contribution >= 0.6 is 0 Å². The van der Waals surface area contributed by atoms with E-state index in [2.05, 4.69) is 28.8 Å². The summed E-state index contributed by atoms with van der Waals surface area (Å²) in [6, 6.07) is 16.0. The smallest absolute Gasteiger partial charge is 0.322 e. The maximum absolute atomic E-state index is 12.6. The van der Waals surface area contributed by atoms with Gasteiger partial charge in [0.15, 0.2) is 0 Å². The lowest BCUT2D eigenvalue weighted by molar-refractivity contribution is -0.137. The number of hydrogen-bond acceptors (Lipinski definition) is 3. The minimum absolute atomic E-state index is 0.0471. The Morgan fingerprint density at radius 1 is 1.03 bits per heavy atom. The van der Waals surface area contributed by atoms with Gasteiger partial charge in [0.25, 0.3) is 5.91 Å². The summed E-state index contributed by atoms with van der Waals surface area (Å²) < 4.78 is 0. The lowest BCUT2D eigenvalue weighted by atomic mass is 9.90. The van der Waals surface area contributed by atoms with E-state index in [-0.39, 0.29) is 18.0 Å². The van der Waals surface area contributed by atoms with Crippen molar-refractivity contribution in [2.24, 2.45) is 0 Å². The maximum Gasteiger partial charge on any atom is 0.322 e. The van der Waals surface area contributed by atoms with Crippen LogP contribution in [0.5, 0.6) is 0 Å². The number of nitrogens with zero attached hydrogens (tertiary/aromatic N) is 1. The van der Waals surface area contributed by atoms with Crippen LogP contribution < -0.4 is 10.6 Å². The summed E-state index contributed by atoms with van der Waals surface area (Å²) in [5, 5.41) is 15.7. The molecule has 3 N–H and O–H groups in total. The number of anilines is 1. The molecule has 0 saturated carbocycles. The van der Waals surface area contributed by atoms with Gasteiger partial charge in [-0.25, -0.2) is 4.79 Å². The number of urea groups is 1. The molecule has 1 aliphatic heterocycles. The van der Waals surface area contributed by atoms with E-state index in [1.54, 1.807) is 0 Å². The van der Waals surface area contributed by atoms with Gasteiger partial charge in [0.2, 0.25) is 0 Å². The normalized spacial score (nSPS) is 18.2. The molecule has 0 spiro atoms. The third-order valence-electron chi connectivity index (χ3n) is 5.94. The second kappa shape index (κ2) is 8.55. The highest BCUT2D eigenvalue weighted by atomic mass is 16.3. The summed E-state index contributed by atoms with van der Waals surface area (Å²) in [4.78, 5) is 26.4. The first-order chi connectivity index (χ1) is 14.8. The number of allylic oxidation sites excluding steroid dienone is 1. The first-order valence-electron chi connectivity index (χ1n) is 10.7. The van der Waals surface area contributed by atoms with Crippen LogP contribution in [0.15, 0.2) is 54.6 Å². The van der Waals surface area contributed by atoms with E-state index in [4.69, 9.17) is 0 Å². The van der Waals surface area contributed by atoms with Gasteiger partial charge in [-0.2, -0.15) is 0 Å². The molecule has 1 heterocycles. The molecule has 1 atom stereocenters. The summed E-state index contributed by atoms with van der Waals surface area (Å²) in [6.45, 7) is 4.26. The molecule has 162 valence electrons. The van der Waals surface area contributed by atoms with Crippen LogP contribution in [0.25, 0.3) is 5.57 Å². The number of carbonyl (C=O) groups is 2. The summed E-state index contributed by atoms with van der Waals surface area (Å²) in [7, 11) is 0. The van der Waals surface area contributed by atoms with Crippen LogP contribution in [0.1, 0.15) is 49.8 Å². The lowest BCUT2D eigenvalue weighted by Crippen LogP contribution is -2.47. The van der Waals surface area contributed by atoms with Gasteiger partial charge < -0.3 is 20.6 Å². The van der Waals surface area contributed by atoms with Crippen molar-refractivity contribution in [2.75, 3.05) is 5.32 Å². The van der Waals surface area contributed by atoms with E-state index in [0.717, 1.165) is 30.5 Å². The number of nitrogens with one attached hydrogen (secondary N) is 2.